The maximum atomic E-state index is 5.63. The number of aromatic nitrogens is 2. The summed E-state index contributed by atoms with van der Waals surface area (Å²) in [6, 6.07) is 5.33. The van der Waals surface area contributed by atoms with Crippen LogP contribution in [0.2, 0.25) is 0 Å². The van der Waals surface area contributed by atoms with E-state index in [1.54, 1.807) is 18.2 Å². The number of anilines is 2. The number of rotatable bonds is 1. The van der Waals surface area contributed by atoms with Crippen molar-refractivity contribution in [2.24, 2.45) is 0 Å². The lowest BCUT2D eigenvalue weighted by atomic mass is 10.2. The molecule has 0 saturated carbocycles. The molecule has 0 saturated heterocycles. The Morgan fingerprint density at radius 1 is 1.29 bits per heavy atom. The number of nitrogens with two attached hydrogens (primary N) is 2. The Bertz CT molecular complexity index is 468. The van der Waals surface area contributed by atoms with Crippen LogP contribution in [0.25, 0.3) is 11.5 Å². The van der Waals surface area contributed by atoms with E-state index in [1.807, 2.05) is 0 Å². The molecule has 5 nitrogen and oxygen atoms in total. The topological polar surface area (TPSA) is 91.0 Å². The van der Waals surface area contributed by atoms with Gasteiger partial charge in [-0.3, -0.25) is 0 Å². The second-order valence-electron chi connectivity index (χ2n) is 2.69. The van der Waals surface area contributed by atoms with Crippen LogP contribution < -0.4 is 11.5 Å². The molecule has 0 unspecified atom stereocenters. The summed E-state index contributed by atoms with van der Waals surface area (Å²) in [5.41, 5.74) is 12.4. The Labute approximate surface area is 88.2 Å². The van der Waals surface area contributed by atoms with E-state index in [9.17, 15) is 0 Å². The number of benzene rings is 1. The molecule has 6 heteroatoms. The highest BCUT2D eigenvalue weighted by Crippen LogP contribution is 2.26. The molecular weight excluding hydrogens is 248 g/mol. The van der Waals surface area contributed by atoms with E-state index in [0.29, 0.717) is 11.6 Å². The molecule has 72 valence electrons. The van der Waals surface area contributed by atoms with Crippen LogP contribution in [0, 0.1) is 0 Å². The number of nitrogen functional groups attached to an aromatic ring is 2. The van der Waals surface area contributed by atoms with Gasteiger partial charge >= 0.3 is 0 Å². The molecule has 0 spiro atoms. The molecule has 4 N–H and O–H groups in total. The minimum absolute atomic E-state index is 0.118. The van der Waals surface area contributed by atoms with E-state index in [2.05, 4.69) is 26.1 Å². The normalized spacial score (nSPS) is 10.4. The second kappa shape index (κ2) is 3.30. The first-order chi connectivity index (χ1) is 6.66. The average molecular weight is 255 g/mol. The number of nitrogens with zero attached hydrogens (tertiary/aromatic N) is 2. The van der Waals surface area contributed by atoms with Crippen LogP contribution in [-0.4, -0.2) is 10.1 Å². The molecule has 2 aromatic rings. The summed E-state index contributed by atoms with van der Waals surface area (Å²) in [6.45, 7) is 0. The van der Waals surface area contributed by atoms with E-state index in [0.717, 1.165) is 10.0 Å². The first kappa shape index (κ1) is 9.01. The van der Waals surface area contributed by atoms with Crippen LogP contribution in [-0.2, 0) is 0 Å². The summed E-state index contributed by atoms with van der Waals surface area (Å²) < 4.78 is 5.68. The molecular formula is C8H7BrN4O. The molecule has 2 rings (SSSR count). The van der Waals surface area contributed by atoms with Crippen molar-refractivity contribution in [3.8, 4) is 11.5 Å². The van der Waals surface area contributed by atoms with Gasteiger partial charge in [0.1, 0.15) is 0 Å². The summed E-state index contributed by atoms with van der Waals surface area (Å²) in [7, 11) is 0. The van der Waals surface area contributed by atoms with E-state index in [-0.39, 0.29) is 5.95 Å². The Hall–Kier alpha value is -1.56. The fraction of sp³-hybridized carbons (Fsp3) is 0. The fourth-order valence-electron chi connectivity index (χ4n) is 1.01. The smallest absolute Gasteiger partial charge is 0.261 e. The van der Waals surface area contributed by atoms with E-state index < -0.39 is 0 Å². The third-order valence-electron chi connectivity index (χ3n) is 1.69. The molecule has 0 bridgehead atoms. The lowest BCUT2D eigenvalue weighted by Crippen LogP contribution is -1.88. The molecule has 0 radical (unpaired) electrons. The van der Waals surface area contributed by atoms with Gasteiger partial charge in [0.2, 0.25) is 0 Å². The van der Waals surface area contributed by atoms with Crippen LogP contribution in [0.1, 0.15) is 0 Å². The summed E-state index contributed by atoms with van der Waals surface area (Å²) in [5.74, 6) is 0.496. The zero-order valence-electron chi connectivity index (χ0n) is 7.07. The van der Waals surface area contributed by atoms with Gasteiger partial charge in [0.25, 0.3) is 11.8 Å². The van der Waals surface area contributed by atoms with Crippen LogP contribution in [0.5, 0.6) is 0 Å². The van der Waals surface area contributed by atoms with Gasteiger partial charge in [-0.2, -0.15) is 4.98 Å². The van der Waals surface area contributed by atoms with Gasteiger partial charge in [-0.1, -0.05) is 0 Å². The van der Waals surface area contributed by atoms with Crippen molar-refractivity contribution in [1.82, 2.24) is 10.1 Å². The molecule has 1 aromatic heterocycles. The van der Waals surface area contributed by atoms with Gasteiger partial charge in [-0.15, -0.1) is 0 Å². The van der Waals surface area contributed by atoms with E-state index in [1.165, 1.54) is 0 Å². The first-order valence-corrected chi connectivity index (χ1v) is 4.60. The third kappa shape index (κ3) is 1.56. The van der Waals surface area contributed by atoms with Gasteiger partial charge in [0.05, 0.1) is 0 Å². The molecule has 0 amide bonds. The maximum absolute atomic E-state index is 5.63. The fourth-order valence-corrected chi connectivity index (χ4v) is 1.39. The van der Waals surface area contributed by atoms with Gasteiger partial charge < -0.3 is 16.0 Å². The van der Waals surface area contributed by atoms with Crippen molar-refractivity contribution in [3.05, 3.63) is 22.7 Å². The molecule has 1 aromatic carbocycles. The van der Waals surface area contributed by atoms with Gasteiger partial charge in [-0.25, -0.2) is 0 Å². The van der Waals surface area contributed by atoms with Crippen LogP contribution in [0.3, 0.4) is 0 Å². The number of hydrogen-bond acceptors (Lipinski definition) is 5. The van der Waals surface area contributed by atoms with Gasteiger partial charge in [0.15, 0.2) is 0 Å². The lowest BCUT2D eigenvalue weighted by molar-refractivity contribution is 0.433. The zero-order valence-corrected chi connectivity index (χ0v) is 8.65. The summed E-state index contributed by atoms with van der Waals surface area (Å²) in [4.78, 5) is 3.89. The molecule has 1 heterocycles. The van der Waals surface area contributed by atoms with Crippen molar-refractivity contribution >= 4 is 27.6 Å². The maximum Gasteiger partial charge on any atom is 0.261 e. The predicted molar refractivity (Wildman–Crippen MR) is 56.3 cm³/mol. The molecule has 0 aliphatic heterocycles. The summed E-state index contributed by atoms with van der Waals surface area (Å²) >= 11 is 3.30. The second-order valence-corrected chi connectivity index (χ2v) is 3.55. The predicted octanol–water partition coefficient (Wildman–Crippen LogP) is 1.66. The lowest BCUT2D eigenvalue weighted by Gasteiger charge is -1.98. The molecule has 0 aliphatic carbocycles. The highest BCUT2D eigenvalue weighted by atomic mass is 79.9. The van der Waals surface area contributed by atoms with Crippen molar-refractivity contribution < 1.29 is 4.52 Å². The Balaban J connectivity index is 2.47. The third-order valence-corrected chi connectivity index (χ3v) is 2.38. The SMILES string of the molecule is Nc1noc(-c2ccc(N)c(Br)c2)n1. The monoisotopic (exact) mass is 254 g/mol. The average Bonchev–Trinajstić information content (AvgIpc) is 2.57. The van der Waals surface area contributed by atoms with Crippen LogP contribution in [0.15, 0.2) is 27.2 Å². The quantitative estimate of drug-likeness (QED) is 0.756. The zero-order chi connectivity index (χ0) is 10.1. The first-order valence-electron chi connectivity index (χ1n) is 3.81. The highest BCUT2D eigenvalue weighted by molar-refractivity contribution is 9.10. The van der Waals surface area contributed by atoms with Crippen molar-refractivity contribution in [2.75, 3.05) is 11.5 Å². The molecule has 0 fully saturated rings. The largest absolute Gasteiger partial charge is 0.398 e. The highest BCUT2D eigenvalue weighted by Gasteiger charge is 2.07. The number of halogens is 1. The van der Waals surface area contributed by atoms with Crippen LogP contribution in [0.4, 0.5) is 11.6 Å². The van der Waals surface area contributed by atoms with Gasteiger partial charge in [-0.05, 0) is 39.3 Å². The summed E-state index contributed by atoms with van der Waals surface area (Å²) in [6.07, 6.45) is 0. The van der Waals surface area contributed by atoms with Crippen molar-refractivity contribution in [2.45, 2.75) is 0 Å². The molecule has 0 aliphatic rings. The number of hydrogen-bond donors (Lipinski definition) is 2. The molecule has 14 heavy (non-hydrogen) atoms. The van der Waals surface area contributed by atoms with E-state index >= 15 is 0 Å². The molecule has 0 atom stereocenters. The van der Waals surface area contributed by atoms with Crippen molar-refractivity contribution in [3.63, 3.8) is 0 Å². The minimum Gasteiger partial charge on any atom is -0.398 e. The van der Waals surface area contributed by atoms with Crippen LogP contribution >= 0.6 is 15.9 Å². The standard InChI is InChI=1S/C8H7BrN4O/c9-5-3-4(1-2-6(5)10)7-12-8(11)13-14-7/h1-3H,10H2,(H2,11,13). The minimum atomic E-state index is 0.118. The Morgan fingerprint density at radius 2 is 2.07 bits per heavy atom. The Morgan fingerprint density at radius 3 is 2.64 bits per heavy atom. The van der Waals surface area contributed by atoms with Crippen molar-refractivity contribution in [1.29, 1.82) is 0 Å². The Kier molecular flexibility index (Phi) is 2.12. The van der Waals surface area contributed by atoms with E-state index in [4.69, 9.17) is 16.0 Å². The van der Waals surface area contributed by atoms with Gasteiger partial charge in [0, 0.05) is 15.7 Å². The summed E-state index contributed by atoms with van der Waals surface area (Å²) in [5, 5.41) is 3.49.